The molecule has 1 aliphatic heterocycles. The predicted octanol–water partition coefficient (Wildman–Crippen LogP) is 2.83. The first kappa shape index (κ1) is 10.6. The van der Waals surface area contributed by atoms with Crippen LogP contribution in [0.15, 0.2) is 30.5 Å². The van der Waals surface area contributed by atoms with Gasteiger partial charge in [0.2, 0.25) is 0 Å². The maximum absolute atomic E-state index is 5.66. The number of para-hydroxylation sites is 1. The van der Waals surface area contributed by atoms with Crippen LogP contribution in [-0.2, 0) is 6.42 Å². The number of nitrogen functional groups attached to an aromatic ring is 1. The van der Waals surface area contributed by atoms with E-state index in [0.29, 0.717) is 11.0 Å². The number of rotatable bonds is 2. The summed E-state index contributed by atoms with van der Waals surface area (Å²) in [6.07, 6.45) is 3.96. The van der Waals surface area contributed by atoms with E-state index in [2.05, 4.69) is 17.1 Å². The van der Waals surface area contributed by atoms with Crippen molar-refractivity contribution in [2.45, 2.75) is 18.8 Å². The summed E-state index contributed by atoms with van der Waals surface area (Å²) in [7, 11) is 0. The average Bonchev–Trinajstić information content (AvgIpc) is 2.75. The third-order valence-corrected chi connectivity index (χ3v) is 3.95. The highest BCUT2D eigenvalue weighted by Crippen LogP contribution is 2.36. The summed E-state index contributed by atoms with van der Waals surface area (Å²) in [5, 5.41) is 0.653. The maximum Gasteiger partial charge on any atom is 0.180 e. The molecule has 0 saturated carbocycles. The van der Waals surface area contributed by atoms with Gasteiger partial charge in [-0.3, -0.25) is 0 Å². The number of nitrogens with zero attached hydrogens (tertiary/aromatic N) is 1. The number of aromatic nitrogens is 1. The molecule has 17 heavy (non-hydrogen) atoms. The Kier molecular flexibility index (Phi) is 2.73. The van der Waals surface area contributed by atoms with Crippen molar-refractivity contribution in [3.63, 3.8) is 0 Å². The molecule has 0 amide bonds. The third kappa shape index (κ3) is 2.13. The molecule has 1 atom stereocenters. The second-order valence-corrected chi connectivity index (χ2v) is 5.39. The van der Waals surface area contributed by atoms with Crippen LogP contribution >= 0.6 is 11.3 Å². The lowest BCUT2D eigenvalue weighted by molar-refractivity contribution is 0.267. The van der Waals surface area contributed by atoms with E-state index in [4.69, 9.17) is 10.5 Å². The zero-order chi connectivity index (χ0) is 11.7. The van der Waals surface area contributed by atoms with Crippen LogP contribution in [0.25, 0.3) is 0 Å². The van der Waals surface area contributed by atoms with Gasteiger partial charge < -0.3 is 10.5 Å². The van der Waals surface area contributed by atoms with Crippen molar-refractivity contribution in [3.8, 4) is 5.75 Å². The van der Waals surface area contributed by atoms with Crippen molar-refractivity contribution in [1.29, 1.82) is 0 Å². The number of anilines is 1. The van der Waals surface area contributed by atoms with Crippen LogP contribution in [0.1, 0.15) is 22.8 Å². The van der Waals surface area contributed by atoms with Crippen LogP contribution in [0.5, 0.6) is 5.75 Å². The van der Waals surface area contributed by atoms with Crippen molar-refractivity contribution in [1.82, 2.24) is 4.98 Å². The minimum absolute atomic E-state index is 0.528. The summed E-state index contributed by atoms with van der Waals surface area (Å²) in [4.78, 5) is 5.36. The molecule has 1 unspecified atom stereocenters. The summed E-state index contributed by atoms with van der Waals surface area (Å²) < 4.78 is 5.66. The second kappa shape index (κ2) is 4.37. The standard InChI is InChI=1S/C13H14N2OS/c14-13-15-8-10(17-13)7-9-5-6-16-12-4-2-1-3-11(9)12/h1-4,8-9H,5-7H2,(H2,14,15). The first-order valence-electron chi connectivity index (χ1n) is 5.75. The molecule has 2 heterocycles. The van der Waals surface area contributed by atoms with Gasteiger partial charge in [0.1, 0.15) is 5.75 Å². The van der Waals surface area contributed by atoms with Crippen molar-refractivity contribution in [2.75, 3.05) is 12.3 Å². The highest BCUT2D eigenvalue weighted by atomic mass is 32.1. The molecule has 0 bridgehead atoms. The minimum Gasteiger partial charge on any atom is -0.493 e. The van der Waals surface area contributed by atoms with Gasteiger partial charge >= 0.3 is 0 Å². The lowest BCUT2D eigenvalue weighted by Gasteiger charge is -2.25. The van der Waals surface area contributed by atoms with E-state index in [1.165, 1.54) is 10.4 Å². The fourth-order valence-corrected chi connectivity index (χ4v) is 3.05. The van der Waals surface area contributed by atoms with Crippen LogP contribution < -0.4 is 10.5 Å². The van der Waals surface area contributed by atoms with Gasteiger partial charge in [-0.25, -0.2) is 4.98 Å². The van der Waals surface area contributed by atoms with Crippen LogP contribution in [-0.4, -0.2) is 11.6 Å². The number of ether oxygens (including phenoxy) is 1. The molecule has 88 valence electrons. The van der Waals surface area contributed by atoms with Crippen molar-refractivity contribution in [2.24, 2.45) is 0 Å². The van der Waals surface area contributed by atoms with E-state index >= 15 is 0 Å². The Hall–Kier alpha value is -1.55. The molecule has 0 spiro atoms. The molecule has 4 heteroatoms. The summed E-state index contributed by atoms with van der Waals surface area (Å²) in [6.45, 7) is 0.802. The molecular formula is C13H14N2OS. The molecule has 0 radical (unpaired) electrons. The normalized spacial score (nSPS) is 18.5. The third-order valence-electron chi connectivity index (χ3n) is 3.10. The minimum atomic E-state index is 0.528. The molecule has 3 nitrogen and oxygen atoms in total. The average molecular weight is 246 g/mol. The van der Waals surface area contributed by atoms with Crippen LogP contribution in [0, 0.1) is 0 Å². The number of hydrogen-bond donors (Lipinski definition) is 1. The van der Waals surface area contributed by atoms with Gasteiger partial charge in [0.05, 0.1) is 6.61 Å². The Labute approximate surface area is 104 Å². The van der Waals surface area contributed by atoms with Crippen LogP contribution in [0.4, 0.5) is 5.13 Å². The molecule has 1 aromatic carbocycles. The van der Waals surface area contributed by atoms with Gasteiger partial charge in [-0.05, 0) is 30.4 Å². The lowest BCUT2D eigenvalue weighted by atomic mass is 9.90. The van der Waals surface area contributed by atoms with Gasteiger partial charge in [-0.2, -0.15) is 0 Å². The summed E-state index contributed by atoms with van der Waals surface area (Å²) in [5.41, 5.74) is 6.97. The first-order chi connectivity index (χ1) is 8.33. The second-order valence-electron chi connectivity index (χ2n) is 4.24. The van der Waals surface area contributed by atoms with Gasteiger partial charge in [0.25, 0.3) is 0 Å². The Morgan fingerprint density at radius 1 is 1.41 bits per heavy atom. The number of nitrogens with two attached hydrogens (primary N) is 1. The topological polar surface area (TPSA) is 48.1 Å². The number of thiazole rings is 1. The summed E-state index contributed by atoms with van der Waals surface area (Å²) >= 11 is 1.58. The molecule has 3 rings (SSSR count). The van der Waals surface area contributed by atoms with Gasteiger partial charge in [-0.15, -0.1) is 11.3 Å². The van der Waals surface area contributed by atoms with E-state index in [9.17, 15) is 0 Å². The van der Waals surface area contributed by atoms with E-state index in [1.807, 2.05) is 18.3 Å². The molecule has 2 aromatic rings. The fourth-order valence-electron chi connectivity index (χ4n) is 2.29. The van der Waals surface area contributed by atoms with Crippen LogP contribution in [0.2, 0.25) is 0 Å². The van der Waals surface area contributed by atoms with Crippen LogP contribution in [0.3, 0.4) is 0 Å². The molecule has 1 aromatic heterocycles. The van der Waals surface area contributed by atoms with Crippen molar-refractivity contribution >= 4 is 16.5 Å². The Morgan fingerprint density at radius 3 is 3.12 bits per heavy atom. The highest BCUT2D eigenvalue weighted by Gasteiger charge is 2.21. The Bertz CT molecular complexity index is 524. The van der Waals surface area contributed by atoms with E-state index in [0.717, 1.165) is 25.2 Å². The summed E-state index contributed by atoms with van der Waals surface area (Å²) in [5.74, 6) is 1.56. The van der Waals surface area contributed by atoms with E-state index in [1.54, 1.807) is 11.3 Å². The summed E-state index contributed by atoms with van der Waals surface area (Å²) in [6, 6.07) is 8.29. The Balaban J connectivity index is 1.85. The molecule has 2 N–H and O–H groups in total. The predicted molar refractivity (Wildman–Crippen MR) is 69.5 cm³/mol. The van der Waals surface area contributed by atoms with Crippen molar-refractivity contribution < 1.29 is 4.74 Å². The lowest BCUT2D eigenvalue weighted by Crippen LogP contribution is -2.15. The Morgan fingerprint density at radius 2 is 2.29 bits per heavy atom. The quantitative estimate of drug-likeness (QED) is 0.886. The number of fused-ring (bicyclic) bond motifs is 1. The molecule has 0 fully saturated rings. The largest absolute Gasteiger partial charge is 0.493 e. The maximum atomic E-state index is 5.66. The van der Waals surface area contributed by atoms with Gasteiger partial charge in [-0.1, -0.05) is 18.2 Å². The number of hydrogen-bond acceptors (Lipinski definition) is 4. The van der Waals surface area contributed by atoms with E-state index in [-0.39, 0.29) is 0 Å². The molecular weight excluding hydrogens is 232 g/mol. The zero-order valence-electron chi connectivity index (χ0n) is 9.43. The number of benzene rings is 1. The van der Waals surface area contributed by atoms with Gasteiger partial charge in [0, 0.05) is 11.1 Å². The monoisotopic (exact) mass is 246 g/mol. The van der Waals surface area contributed by atoms with E-state index < -0.39 is 0 Å². The fraction of sp³-hybridized carbons (Fsp3) is 0.308. The molecule has 0 aliphatic carbocycles. The van der Waals surface area contributed by atoms with Crippen molar-refractivity contribution in [3.05, 3.63) is 40.9 Å². The smallest absolute Gasteiger partial charge is 0.180 e. The molecule has 0 saturated heterocycles. The molecule has 1 aliphatic rings. The van der Waals surface area contributed by atoms with Gasteiger partial charge in [0.15, 0.2) is 5.13 Å². The highest BCUT2D eigenvalue weighted by molar-refractivity contribution is 7.15. The first-order valence-corrected chi connectivity index (χ1v) is 6.56. The zero-order valence-corrected chi connectivity index (χ0v) is 10.2. The SMILES string of the molecule is Nc1ncc(CC2CCOc3ccccc32)s1.